The average Bonchev–Trinajstić information content (AvgIpc) is 3.14. The number of urea groups is 1. The molecule has 1 aromatic carbocycles. The predicted molar refractivity (Wildman–Crippen MR) is 103 cm³/mol. The Morgan fingerprint density at radius 1 is 1.07 bits per heavy atom. The van der Waals surface area contributed by atoms with Gasteiger partial charge in [-0.2, -0.15) is 0 Å². The molecule has 28 heavy (non-hydrogen) atoms. The molecule has 1 aliphatic rings. The number of nitrogens with one attached hydrogen (secondary N) is 1. The van der Waals surface area contributed by atoms with Crippen molar-refractivity contribution in [2.45, 2.75) is 19.9 Å². The number of hydrogen-bond acceptors (Lipinski definition) is 5. The van der Waals surface area contributed by atoms with Gasteiger partial charge in [-0.25, -0.2) is 9.69 Å². The largest absolute Gasteiger partial charge is 0.497 e. The van der Waals surface area contributed by atoms with E-state index in [2.05, 4.69) is 5.32 Å². The first kappa shape index (κ1) is 19.2. The number of hydrogen-bond donors (Lipinski definition) is 1. The van der Waals surface area contributed by atoms with Crippen LogP contribution in [0.5, 0.6) is 11.5 Å². The van der Waals surface area contributed by atoms with E-state index in [1.807, 2.05) is 30.8 Å². The van der Waals surface area contributed by atoms with Crippen LogP contribution >= 0.6 is 0 Å². The molecule has 0 atom stereocenters. The Morgan fingerprint density at radius 3 is 2.43 bits per heavy atom. The molecule has 2 heterocycles. The number of methoxy groups -OCH3 is 2. The van der Waals surface area contributed by atoms with E-state index < -0.39 is 17.8 Å². The molecule has 0 spiro atoms. The third-order valence-electron chi connectivity index (χ3n) is 4.37. The van der Waals surface area contributed by atoms with E-state index in [0.717, 1.165) is 4.90 Å². The zero-order valence-electron chi connectivity index (χ0n) is 16.1. The van der Waals surface area contributed by atoms with Gasteiger partial charge in [0.2, 0.25) is 0 Å². The van der Waals surface area contributed by atoms with Gasteiger partial charge in [-0.05, 0) is 43.7 Å². The lowest BCUT2D eigenvalue weighted by atomic mass is 10.1. The molecule has 1 fully saturated rings. The fourth-order valence-corrected chi connectivity index (χ4v) is 2.85. The van der Waals surface area contributed by atoms with Gasteiger partial charge in [0, 0.05) is 24.5 Å². The van der Waals surface area contributed by atoms with Crippen LogP contribution in [0, 0.1) is 0 Å². The van der Waals surface area contributed by atoms with Crippen molar-refractivity contribution in [1.82, 2.24) is 9.88 Å². The fourth-order valence-electron chi connectivity index (χ4n) is 2.85. The number of rotatable bonds is 5. The number of nitrogens with zero attached hydrogens (tertiary/aromatic N) is 2. The zero-order chi connectivity index (χ0) is 20.4. The zero-order valence-corrected chi connectivity index (χ0v) is 16.1. The third-order valence-corrected chi connectivity index (χ3v) is 4.37. The summed E-state index contributed by atoms with van der Waals surface area (Å²) in [6, 6.07) is 5.87. The standard InChI is InChI=1S/C20H21N3O5/c1-12(2)22-8-7-13(11-22)9-15-18(24)21-20(26)23(19(15)25)16-6-5-14(27-3)10-17(16)28-4/h5-12H,1-4H3,(H,21,24,26)/b15-9-. The second-order valence-electron chi connectivity index (χ2n) is 6.48. The summed E-state index contributed by atoms with van der Waals surface area (Å²) in [6.07, 6.45) is 5.15. The molecule has 0 unspecified atom stereocenters. The molecule has 1 N–H and O–H groups in total. The van der Waals surface area contributed by atoms with Crippen molar-refractivity contribution >= 4 is 29.6 Å². The minimum Gasteiger partial charge on any atom is -0.497 e. The number of carbonyl (C=O) groups is 3. The van der Waals surface area contributed by atoms with Crippen LogP contribution in [0.15, 0.2) is 42.2 Å². The van der Waals surface area contributed by atoms with Crippen molar-refractivity contribution < 1.29 is 23.9 Å². The highest BCUT2D eigenvalue weighted by Crippen LogP contribution is 2.34. The van der Waals surface area contributed by atoms with Crippen LogP contribution in [0.1, 0.15) is 25.5 Å². The first-order chi connectivity index (χ1) is 13.3. The van der Waals surface area contributed by atoms with Crippen molar-refractivity contribution in [3.8, 4) is 11.5 Å². The van der Waals surface area contributed by atoms with Crippen LogP contribution in [-0.4, -0.2) is 36.6 Å². The lowest BCUT2D eigenvalue weighted by molar-refractivity contribution is -0.122. The Kier molecular flexibility index (Phi) is 5.21. The topological polar surface area (TPSA) is 89.9 Å². The van der Waals surface area contributed by atoms with Crippen LogP contribution in [0.3, 0.4) is 0 Å². The molecule has 1 aromatic heterocycles. The van der Waals surface area contributed by atoms with Gasteiger partial charge in [0.05, 0.1) is 19.9 Å². The number of benzene rings is 1. The third kappa shape index (κ3) is 3.48. The molecule has 1 aliphatic heterocycles. The van der Waals surface area contributed by atoms with Crippen LogP contribution < -0.4 is 19.7 Å². The molecule has 0 aliphatic carbocycles. The number of ether oxygens (including phenoxy) is 2. The normalized spacial score (nSPS) is 16.0. The van der Waals surface area contributed by atoms with Gasteiger partial charge in [0.1, 0.15) is 17.1 Å². The minimum atomic E-state index is -0.838. The molecule has 1 saturated heterocycles. The van der Waals surface area contributed by atoms with Crippen molar-refractivity contribution in [3.63, 3.8) is 0 Å². The van der Waals surface area contributed by atoms with Crippen LogP contribution in [0.2, 0.25) is 0 Å². The Labute approximate surface area is 162 Å². The SMILES string of the molecule is COc1ccc(N2C(=O)NC(=O)/C(=C/c3ccn(C(C)C)c3)C2=O)c(OC)c1. The lowest BCUT2D eigenvalue weighted by Crippen LogP contribution is -2.54. The summed E-state index contributed by atoms with van der Waals surface area (Å²) in [5, 5.41) is 2.20. The van der Waals surface area contributed by atoms with E-state index in [9.17, 15) is 14.4 Å². The quantitative estimate of drug-likeness (QED) is 0.633. The smallest absolute Gasteiger partial charge is 0.336 e. The Hall–Kier alpha value is -3.55. The maximum absolute atomic E-state index is 13.0. The number of anilines is 1. The molecule has 0 saturated carbocycles. The van der Waals surface area contributed by atoms with Crippen LogP contribution in [0.4, 0.5) is 10.5 Å². The summed E-state index contributed by atoms with van der Waals surface area (Å²) in [7, 11) is 2.91. The highest BCUT2D eigenvalue weighted by Gasteiger charge is 2.38. The molecule has 8 nitrogen and oxygen atoms in total. The average molecular weight is 383 g/mol. The van der Waals surface area contributed by atoms with Gasteiger partial charge in [0.25, 0.3) is 11.8 Å². The van der Waals surface area contributed by atoms with Gasteiger partial charge in [0.15, 0.2) is 0 Å². The minimum absolute atomic E-state index is 0.140. The second-order valence-corrected chi connectivity index (χ2v) is 6.48. The molecular formula is C20H21N3O5. The Morgan fingerprint density at radius 2 is 1.82 bits per heavy atom. The van der Waals surface area contributed by atoms with E-state index in [4.69, 9.17) is 9.47 Å². The van der Waals surface area contributed by atoms with Crippen LogP contribution in [-0.2, 0) is 9.59 Å². The highest BCUT2D eigenvalue weighted by atomic mass is 16.5. The van der Waals surface area contributed by atoms with E-state index in [0.29, 0.717) is 11.3 Å². The van der Waals surface area contributed by atoms with Gasteiger partial charge in [-0.1, -0.05) is 0 Å². The first-order valence-electron chi connectivity index (χ1n) is 8.66. The van der Waals surface area contributed by atoms with Gasteiger partial charge < -0.3 is 14.0 Å². The molecule has 0 bridgehead atoms. The molecule has 2 aromatic rings. The van der Waals surface area contributed by atoms with Gasteiger partial charge in [-0.3, -0.25) is 14.9 Å². The number of barbiturate groups is 1. The second kappa shape index (κ2) is 7.59. The molecular weight excluding hydrogens is 362 g/mol. The Balaban J connectivity index is 2.02. The monoisotopic (exact) mass is 383 g/mol. The maximum atomic E-state index is 13.0. The summed E-state index contributed by atoms with van der Waals surface area (Å²) in [4.78, 5) is 38.5. The number of amides is 4. The van der Waals surface area contributed by atoms with Gasteiger partial charge >= 0.3 is 6.03 Å². The lowest BCUT2D eigenvalue weighted by Gasteiger charge is -2.27. The Bertz CT molecular complexity index is 974. The van der Waals surface area contributed by atoms with Crippen molar-refractivity contribution in [3.05, 3.63) is 47.8 Å². The molecule has 4 amide bonds. The van der Waals surface area contributed by atoms with Gasteiger partial charge in [-0.15, -0.1) is 0 Å². The predicted octanol–water partition coefficient (Wildman–Crippen LogP) is 2.75. The summed E-state index contributed by atoms with van der Waals surface area (Å²) in [5.41, 5.74) is 0.756. The summed E-state index contributed by atoms with van der Waals surface area (Å²) < 4.78 is 12.4. The summed E-state index contributed by atoms with van der Waals surface area (Å²) in [5.74, 6) is -0.694. The van der Waals surface area contributed by atoms with E-state index in [1.165, 1.54) is 26.4 Å². The van der Waals surface area contributed by atoms with E-state index in [1.54, 1.807) is 18.2 Å². The van der Waals surface area contributed by atoms with Crippen LogP contribution in [0.25, 0.3) is 6.08 Å². The fraction of sp³-hybridized carbons (Fsp3) is 0.250. The highest BCUT2D eigenvalue weighted by molar-refractivity contribution is 6.39. The molecule has 0 radical (unpaired) electrons. The number of carbonyl (C=O) groups excluding carboxylic acids is 3. The first-order valence-corrected chi connectivity index (χ1v) is 8.66. The molecule has 3 rings (SSSR count). The summed E-state index contributed by atoms with van der Waals surface area (Å²) in [6.45, 7) is 4.04. The van der Waals surface area contributed by atoms with Crippen molar-refractivity contribution in [1.29, 1.82) is 0 Å². The molecule has 146 valence electrons. The summed E-state index contributed by atoms with van der Waals surface area (Å²) >= 11 is 0. The van der Waals surface area contributed by atoms with E-state index >= 15 is 0 Å². The molecule has 8 heteroatoms. The van der Waals surface area contributed by atoms with Crippen molar-refractivity contribution in [2.24, 2.45) is 0 Å². The number of aromatic nitrogens is 1. The maximum Gasteiger partial charge on any atom is 0.336 e. The number of imide groups is 2. The van der Waals surface area contributed by atoms with E-state index in [-0.39, 0.29) is 23.1 Å². The van der Waals surface area contributed by atoms with Crippen molar-refractivity contribution in [2.75, 3.05) is 19.1 Å².